The highest BCUT2D eigenvalue weighted by molar-refractivity contribution is 5.88. The summed E-state index contributed by atoms with van der Waals surface area (Å²) >= 11 is 0. The Labute approximate surface area is 248 Å². The molecule has 16 heteroatoms. The summed E-state index contributed by atoms with van der Waals surface area (Å²) in [4.78, 5) is 13.8. The molecule has 1 aromatic heterocycles. The summed E-state index contributed by atoms with van der Waals surface area (Å²) in [6.07, 6.45) is -16.5. The van der Waals surface area contributed by atoms with E-state index in [0.717, 1.165) is 12.1 Å². The molecular weight excluding hydrogens is 592 g/mol. The van der Waals surface area contributed by atoms with Gasteiger partial charge in [0.1, 0.15) is 59.1 Å². The Kier molecular flexibility index (Phi) is 8.90. The fourth-order valence-corrected chi connectivity index (χ4v) is 5.08. The molecule has 0 bridgehead atoms. The summed E-state index contributed by atoms with van der Waals surface area (Å²) in [5.74, 6) is -2.34. The monoisotopic (exact) mass is 624 g/mol. The minimum absolute atomic E-state index is 0.0257. The van der Waals surface area contributed by atoms with Gasteiger partial charge in [-0.2, -0.15) is 0 Å². The predicted molar refractivity (Wildman–Crippen MR) is 145 cm³/mol. The van der Waals surface area contributed by atoms with Crippen LogP contribution in [0.1, 0.15) is 6.92 Å². The highest BCUT2D eigenvalue weighted by Gasteiger charge is 2.51. The van der Waals surface area contributed by atoms with Crippen LogP contribution in [0.4, 0.5) is 0 Å². The van der Waals surface area contributed by atoms with Crippen LogP contribution in [-0.4, -0.2) is 121 Å². The van der Waals surface area contributed by atoms with E-state index < -0.39 is 96.1 Å². The number of phenolic OH excluding ortho intramolecular Hbond substituents is 3. The van der Waals surface area contributed by atoms with Crippen molar-refractivity contribution in [2.24, 2.45) is 0 Å². The van der Waals surface area contributed by atoms with Crippen LogP contribution in [-0.2, 0) is 14.2 Å². The van der Waals surface area contributed by atoms with E-state index in [-0.39, 0.29) is 28.4 Å². The first-order valence-corrected chi connectivity index (χ1v) is 13.4. The van der Waals surface area contributed by atoms with Crippen molar-refractivity contribution in [3.05, 3.63) is 40.6 Å². The second kappa shape index (κ2) is 12.4. The highest BCUT2D eigenvalue weighted by Crippen LogP contribution is 2.40. The number of hydrogen-bond donors (Lipinski definition) is 9. The van der Waals surface area contributed by atoms with Crippen LogP contribution in [0.2, 0.25) is 0 Å². The Morgan fingerprint density at radius 1 is 0.841 bits per heavy atom. The van der Waals surface area contributed by atoms with Gasteiger partial charge in [-0.05, 0) is 25.1 Å². The molecule has 9 N–H and O–H groups in total. The standard InChI is InChI=1S/C28H32O16/c1-9-18(33)21(36)23(38)27(40-9)44-26-22(37)19(34)16(8-29)42-28(26)43-25-20(35)17-13(32)6-11(30)7-15(17)41-24(25)10-3-4-12(31)14(5-10)39-2/h3-7,9,16,18-19,21-23,26-34,36-38H,8H2,1-2H3/t9-,16-,18-,19-,21+,22+,23-,26-,27+,28+/m1/s1. The maximum atomic E-state index is 13.8. The van der Waals surface area contributed by atoms with Gasteiger partial charge >= 0.3 is 0 Å². The number of ether oxygens (including phenoxy) is 5. The molecule has 2 saturated heterocycles. The molecule has 240 valence electrons. The van der Waals surface area contributed by atoms with Gasteiger partial charge in [0.25, 0.3) is 0 Å². The zero-order valence-corrected chi connectivity index (χ0v) is 23.3. The molecule has 16 nitrogen and oxygen atoms in total. The second-order valence-corrected chi connectivity index (χ2v) is 10.4. The first-order valence-electron chi connectivity index (χ1n) is 13.4. The van der Waals surface area contributed by atoms with E-state index in [1.807, 2.05) is 0 Å². The Hall–Kier alpha value is -3.71. The maximum absolute atomic E-state index is 13.8. The van der Waals surface area contributed by atoms with Gasteiger partial charge in [-0.15, -0.1) is 0 Å². The largest absolute Gasteiger partial charge is 0.508 e. The van der Waals surface area contributed by atoms with Crippen LogP contribution in [0.25, 0.3) is 22.3 Å². The van der Waals surface area contributed by atoms with Crippen LogP contribution in [0.3, 0.4) is 0 Å². The van der Waals surface area contributed by atoms with Crippen molar-refractivity contribution in [2.75, 3.05) is 13.7 Å². The van der Waals surface area contributed by atoms with E-state index in [4.69, 9.17) is 28.1 Å². The van der Waals surface area contributed by atoms with Gasteiger partial charge in [-0.3, -0.25) is 4.79 Å². The normalized spacial score (nSPS) is 32.5. The zero-order valence-electron chi connectivity index (χ0n) is 23.3. The van der Waals surface area contributed by atoms with Crippen molar-refractivity contribution < 1.29 is 74.1 Å². The van der Waals surface area contributed by atoms with Gasteiger partial charge in [0.2, 0.25) is 17.5 Å². The fraction of sp³-hybridized carbons (Fsp3) is 0.464. The van der Waals surface area contributed by atoms with E-state index >= 15 is 0 Å². The van der Waals surface area contributed by atoms with E-state index in [1.54, 1.807) is 0 Å². The molecule has 0 unspecified atom stereocenters. The molecule has 0 saturated carbocycles. The number of aliphatic hydroxyl groups excluding tert-OH is 6. The minimum Gasteiger partial charge on any atom is -0.508 e. The van der Waals surface area contributed by atoms with E-state index in [2.05, 4.69) is 0 Å². The van der Waals surface area contributed by atoms with Gasteiger partial charge in [0.15, 0.2) is 29.7 Å². The Bertz CT molecular complexity index is 1560. The van der Waals surface area contributed by atoms with Gasteiger partial charge in [0, 0.05) is 17.7 Å². The third kappa shape index (κ3) is 5.63. The maximum Gasteiger partial charge on any atom is 0.239 e. The van der Waals surface area contributed by atoms with Crippen molar-refractivity contribution in [3.63, 3.8) is 0 Å². The molecule has 10 atom stereocenters. The molecule has 0 spiro atoms. The average Bonchev–Trinajstić information content (AvgIpc) is 2.99. The molecule has 44 heavy (non-hydrogen) atoms. The SMILES string of the molecule is COc1cc(-c2oc3cc(O)cc(O)c3c(=O)c2O[C@@H]2O[C@H](CO)[C@@H](O)[C@H](O)[C@H]2O[C@@H]2O[C@H](C)[C@@H](O)[C@H](O)[C@H]2O)ccc1O. The first kappa shape index (κ1) is 31.7. The molecule has 0 amide bonds. The molecule has 5 rings (SSSR count). The average molecular weight is 625 g/mol. The van der Waals surface area contributed by atoms with Crippen molar-refractivity contribution in [1.29, 1.82) is 0 Å². The topological polar surface area (TPSA) is 258 Å². The van der Waals surface area contributed by atoms with Crippen LogP contribution >= 0.6 is 0 Å². The third-order valence-electron chi connectivity index (χ3n) is 7.52. The molecule has 0 aliphatic carbocycles. The number of rotatable bonds is 7. The van der Waals surface area contributed by atoms with Crippen molar-refractivity contribution in [3.8, 4) is 40.1 Å². The second-order valence-electron chi connectivity index (χ2n) is 10.4. The van der Waals surface area contributed by atoms with E-state index in [1.165, 1.54) is 32.2 Å². The molecule has 0 radical (unpaired) electrons. The van der Waals surface area contributed by atoms with Crippen molar-refractivity contribution in [1.82, 2.24) is 0 Å². The molecule has 3 aromatic rings. The number of fused-ring (bicyclic) bond motifs is 1. The zero-order chi connectivity index (χ0) is 32.0. The highest BCUT2D eigenvalue weighted by atomic mass is 16.8. The van der Waals surface area contributed by atoms with Crippen LogP contribution in [0.5, 0.6) is 28.7 Å². The molecule has 2 aliphatic heterocycles. The number of phenols is 3. The summed E-state index contributed by atoms with van der Waals surface area (Å²) in [7, 11) is 1.28. The third-order valence-corrected chi connectivity index (χ3v) is 7.52. The van der Waals surface area contributed by atoms with E-state index in [0.29, 0.717) is 0 Å². The van der Waals surface area contributed by atoms with E-state index in [9.17, 15) is 50.8 Å². The Morgan fingerprint density at radius 2 is 1.57 bits per heavy atom. The molecule has 2 aliphatic rings. The quantitative estimate of drug-likeness (QED) is 0.147. The number of aromatic hydroxyl groups is 3. The smallest absolute Gasteiger partial charge is 0.239 e. The Balaban J connectivity index is 1.63. The minimum atomic E-state index is -1.89. The Morgan fingerprint density at radius 3 is 2.25 bits per heavy atom. The van der Waals surface area contributed by atoms with Crippen molar-refractivity contribution in [2.45, 2.75) is 68.3 Å². The number of hydrogen-bond acceptors (Lipinski definition) is 16. The number of methoxy groups -OCH3 is 1. The molecule has 3 heterocycles. The summed E-state index contributed by atoms with van der Waals surface area (Å²) < 4.78 is 33.8. The summed E-state index contributed by atoms with van der Waals surface area (Å²) in [5.41, 5.74) is -1.15. The van der Waals surface area contributed by atoms with Gasteiger partial charge in [-0.1, -0.05) is 0 Å². The van der Waals surface area contributed by atoms with Gasteiger partial charge in [-0.25, -0.2) is 0 Å². The van der Waals surface area contributed by atoms with Crippen molar-refractivity contribution >= 4 is 11.0 Å². The number of benzene rings is 2. The summed E-state index contributed by atoms with van der Waals surface area (Å²) in [6, 6.07) is 5.81. The lowest BCUT2D eigenvalue weighted by molar-refractivity contribution is -0.354. The molecular formula is C28H32O16. The van der Waals surface area contributed by atoms with Gasteiger partial charge < -0.3 is 74.1 Å². The van der Waals surface area contributed by atoms with Crippen LogP contribution in [0, 0.1) is 0 Å². The lowest BCUT2D eigenvalue weighted by Gasteiger charge is -2.45. The predicted octanol–water partition coefficient (Wildman–Crippen LogP) is -1.38. The van der Waals surface area contributed by atoms with Gasteiger partial charge in [0.05, 0.1) is 19.8 Å². The molecule has 2 aromatic carbocycles. The lowest BCUT2D eigenvalue weighted by atomic mass is 9.97. The lowest BCUT2D eigenvalue weighted by Crippen LogP contribution is -2.64. The first-order chi connectivity index (χ1) is 20.9. The number of aliphatic hydroxyl groups is 6. The van der Waals surface area contributed by atoms with Crippen LogP contribution < -0.4 is 14.9 Å². The molecule has 2 fully saturated rings. The van der Waals surface area contributed by atoms with Crippen LogP contribution in [0.15, 0.2) is 39.5 Å². The summed E-state index contributed by atoms with van der Waals surface area (Å²) in [6.45, 7) is 0.570. The summed E-state index contributed by atoms with van der Waals surface area (Å²) in [5, 5.41) is 92.3. The fourth-order valence-electron chi connectivity index (χ4n) is 5.08.